The van der Waals surface area contributed by atoms with Crippen LogP contribution in [-0.4, -0.2) is 15.9 Å². The van der Waals surface area contributed by atoms with E-state index >= 15 is 0 Å². The molecule has 1 saturated carbocycles. The lowest BCUT2D eigenvalue weighted by atomic mass is 9.79. The Morgan fingerprint density at radius 1 is 1.38 bits per heavy atom. The fraction of sp³-hybridized carbons (Fsp3) is 0.611. The standard InChI is InChI=1S/C18H25N3O2S/c1-2-3-4-12-5-7-13(8-6-12)16(22)19-10-14-9-15-17(23)20-11-21-18(15)24-14/h9,11-13H,2-8,10H2,1H3,(H,19,22)(H,20,21,23). The molecule has 0 spiro atoms. The SMILES string of the molecule is CCCCC1CCC(C(=O)NCc2cc3c(=O)[nH]cnc3s2)CC1. The van der Waals surface area contributed by atoms with Gasteiger partial charge >= 0.3 is 0 Å². The summed E-state index contributed by atoms with van der Waals surface area (Å²) in [6.07, 6.45) is 9.67. The maximum atomic E-state index is 12.4. The molecule has 0 aliphatic heterocycles. The molecule has 24 heavy (non-hydrogen) atoms. The van der Waals surface area contributed by atoms with Crippen LogP contribution in [0.3, 0.4) is 0 Å². The van der Waals surface area contributed by atoms with Crippen molar-refractivity contribution in [3.05, 3.63) is 27.6 Å². The van der Waals surface area contributed by atoms with Gasteiger partial charge in [-0.25, -0.2) is 4.98 Å². The van der Waals surface area contributed by atoms with Gasteiger partial charge in [0.25, 0.3) is 5.56 Å². The van der Waals surface area contributed by atoms with Crippen molar-refractivity contribution in [3.63, 3.8) is 0 Å². The van der Waals surface area contributed by atoms with Crippen LogP contribution in [-0.2, 0) is 11.3 Å². The summed E-state index contributed by atoms with van der Waals surface area (Å²) in [6, 6.07) is 1.83. The minimum Gasteiger partial charge on any atom is -0.351 e. The zero-order valence-electron chi connectivity index (χ0n) is 14.1. The number of carbonyl (C=O) groups is 1. The van der Waals surface area contributed by atoms with Gasteiger partial charge in [-0.3, -0.25) is 9.59 Å². The first-order valence-corrected chi connectivity index (χ1v) is 9.72. The first-order valence-electron chi connectivity index (χ1n) is 8.91. The summed E-state index contributed by atoms with van der Waals surface area (Å²) in [5.41, 5.74) is -0.126. The molecule has 0 unspecified atom stereocenters. The van der Waals surface area contributed by atoms with Crippen molar-refractivity contribution in [2.24, 2.45) is 11.8 Å². The molecule has 130 valence electrons. The molecular formula is C18H25N3O2S. The highest BCUT2D eigenvalue weighted by Crippen LogP contribution is 2.32. The molecule has 1 amide bonds. The summed E-state index contributed by atoms with van der Waals surface area (Å²) in [5, 5.41) is 3.64. The number of fused-ring (bicyclic) bond motifs is 1. The fourth-order valence-corrected chi connectivity index (χ4v) is 4.47. The molecule has 0 saturated heterocycles. The van der Waals surface area contributed by atoms with Crippen LogP contribution < -0.4 is 10.9 Å². The van der Waals surface area contributed by atoms with E-state index in [1.807, 2.05) is 6.07 Å². The molecule has 2 aromatic heterocycles. The molecule has 0 atom stereocenters. The highest BCUT2D eigenvalue weighted by molar-refractivity contribution is 7.18. The summed E-state index contributed by atoms with van der Waals surface area (Å²) in [6.45, 7) is 2.71. The first-order chi connectivity index (χ1) is 11.7. The molecule has 0 radical (unpaired) electrons. The third-order valence-electron chi connectivity index (χ3n) is 5.01. The third-order valence-corrected chi connectivity index (χ3v) is 6.05. The van der Waals surface area contributed by atoms with E-state index < -0.39 is 0 Å². The van der Waals surface area contributed by atoms with Crippen molar-refractivity contribution in [2.45, 2.75) is 58.4 Å². The summed E-state index contributed by atoms with van der Waals surface area (Å²) in [5.74, 6) is 1.12. The highest BCUT2D eigenvalue weighted by Gasteiger charge is 2.25. The molecule has 0 aromatic carbocycles. The number of amides is 1. The molecule has 5 nitrogen and oxygen atoms in total. The van der Waals surface area contributed by atoms with Gasteiger partial charge in [0.2, 0.25) is 5.91 Å². The van der Waals surface area contributed by atoms with Crippen molar-refractivity contribution >= 4 is 27.5 Å². The lowest BCUT2D eigenvalue weighted by molar-refractivity contribution is -0.126. The number of carbonyl (C=O) groups excluding carboxylic acids is 1. The number of thiophene rings is 1. The van der Waals surface area contributed by atoms with Crippen LogP contribution in [0, 0.1) is 11.8 Å². The van der Waals surface area contributed by atoms with Crippen LogP contribution in [0.1, 0.15) is 56.7 Å². The number of aromatic nitrogens is 2. The van der Waals surface area contributed by atoms with Gasteiger partial charge < -0.3 is 10.3 Å². The monoisotopic (exact) mass is 347 g/mol. The smallest absolute Gasteiger partial charge is 0.259 e. The van der Waals surface area contributed by atoms with E-state index in [9.17, 15) is 9.59 Å². The normalized spacial score (nSPS) is 21.0. The molecule has 1 aliphatic carbocycles. The fourth-order valence-electron chi connectivity index (χ4n) is 3.53. The van der Waals surface area contributed by atoms with Gasteiger partial charge in [-0.1, -0.05) is 26.2 Å². The topological polar surface area (TPSA) is 74.8 Å². The van der Waals surface area contributed by atoms with Gasteiger partial charge in [-0.05, 0) is 37.7 Å². The zero-order valence-corrected chi connectivity index (χ0v) is 15.0. The van der Waals surface area contributed by atoms with E-state index in [0.717, 1.165) is 28.5 Å². The van der Waals surface area contributed by atoms with Gasteiger partial charge in [0.1, 0.15) is 4.83 Å². The van der Waals surface area contributed by atoms with Crippen molar-refractivity contribution in [1.29, 1.82) is 0 Å². The number of unbranched alkanes of at least 4 members (excludes halogenated alkanes) is 1. The number of aromatic amines is 1. The Morgan fingerprint density at radius 3 is 2.88 bits per heavy atom. The molecular weight excluding hydrogens is 322 g/mol. The molecule has 1 aliphatic rings. The molecule has 2 heterocycles. The van der Waals surface area contributed by atoms with E-state index in [0.29, 0.717) is 11.9 Å². The van der Waals surface area contributed by atoms with Gasteiger partial charge in [0.05, 0.1) is 18.3 Å². The Kier molecular flexibility index (Phi) is 5.66. The Bertz CT molecular complexity index is 744. The molecule has 0 bridgehead atoms. The van der Waals surface area contributed by atoms with E-state index in [4.69, 9.17) is 0 Å². The maximum Gasteiger partial charge on any atom is 0.259 e. The van der Waals surface area contributed by atoms with E-state index in [1.54, 1.807) is 0 Å². The summed E-state index contributed by atoms with van der Waals surface area (Å²) in [7, 11) is 0. The van der Waals surface area contributed by atoms with Gasteiger partial charge in [0.15, 0.2) is 0 Å². The minimum absolute atomic E-state index is 0.126. The zero-order chi connectivity index (χ0) is 16.9. The minimum atomic E-state index is -0.126. The Hall–Kier alpha value is -1.69. The van der Waals surface area contributed by atoms with Crippen LogP contribution in [0.4, 0.5) is 0 Å². The molecule has 2 aromatic rings. The third kappa shape index (κ3) is 4.04. The maximum absolute atomic E-state index is 12.4. The lowest BCUT2D eigenvalue weighted by Gasteiger charge is -2.27. The number of H-pyrrole nitrogens is 1. The largest absolute Gasteiger partial charge is 0.351 e. The van der Waals surface area contributed by atoms with Crippen LogP contribution in [0.2, 0.25) is 0 Å². The Labute approximate surface area is 145 Å². The second-order valence-electron chi connectivity index (χ2n) is 6.74. The molecule has 2 N–H and O–H groups in total. The van der Waals surface area contributed by atoms with Crippen LogP contribution in [0.5, 0.6) is 0 Å². The number of nitrogens with one attached hydrogen (secondary N) is 2. The Balaban J connectivity index is 1.50. The molecule has 6 heteroatoms. The predicted molar refractivity (Wildman–Crippen MR) is 97.1 cm³/mol. The quantitative estimate of drug-likeness (QED) is 0.838. The number of rotatable bonds is 6. The second kappa shape index (κ2) is 7.92. The van der Waals surface area contributed by atoms with E-state index in [1.165, 1.54) is 49.8 Å². The van der Waals surface area contributed by atoms with Gasteiger partial charge in [-0.15, -0.1) is 11.3 Å². The van der Waals surface area contributed by atoms with Crippen molar-refractivity contribution < 1.29 is 4.79 Å². The highest BCUT2D eigenvalue weighted by atomic mass is 32.1. The van der Waals surface area contributed by atoms with Gasteiger partial charge in [0, 0.05) is 10.8 Å². The van der Waals surface area contributed by atoms with Crippen LogP contribution in [0.15, 0.2) is 17.2 Å². The molecule has 1 fully saturated rings. The average molecular weight is 347 g/mol. The number of nitrogens with zero attached hydrogens (tertiary/aromatic N) is 1. The number of hydrogen-bond donors (Lipinski definition) is 2. The second-order valence-corrected chi connectivity index (χ2v) is 7.86. The predicted octanol–water partition coefficient (Wildman–Crippen LogP) is 3.60. The number of hydrogen-bond acceptors (Lipinski definition) is 4. The lowest BCUT2D eigenvalue weighted by Crippen LogP contribution is -2.32. The summed E-state index contributed by atoms with van der Waals surface area (Å²) < 4.78 is 0. The summed E-state index contributed by atoms with van der Waals surface area (Å²) >= 11 is 1.46. The van der Waals surface area contributed by atoms with E-state index in [2.05, 4.69) is 22.2 Å². The Morgan fingerprint density at radius 2 is 2.17 bits per heavy atom. The summed E-state index contributed by atoms with van der Waals surface area (Å²) in [4.78, 5) is 32.5. The van der Waals surface area contributed by atoms with Crippen molar-refractivity contribution in [1.82, 2.24) is 15.3 Å². The van der Waals surface area contributed by atoms with E-state index in [-0.39, 0.29) is 17.4 Å². The van der Waals surface area contributed by atoms with Crippen LogP contribution >= 0.6 is 11.3 Å². The van der Waals surface area contributed by atoms with Crippen LogP contribution in [0.25, 0.3) is 10.2 Å². The van der Waals surface area contributed by atoms with Crippen molar-refractivity contribution in [2.75, 3.05) is 0 Å². The average Bonchev–Trinajstić information content (AvgIpc) is 3.03. The van der Waals surface area contributed by atoms with Crippen molar-refractivity contribution in [3.8, 4) is 0 Å². The van der Waals surface area contributed by atoms with Gasteiger partial charge in [-0.2, -0.15) is 0 Å². The molecule has 3 rings (SSSR count). The first kappa shape index (κ1) is 17.1.